The van der Waals surface area contributed by atoms with Crippen molar-refractivity contribution in [3.8, 4) is 11.5 Å². The Labute approximate surface area is 123 Å². The summed E-state index contributed by atoms with van der Waals surface area (Å²) in [5, 5.41) is 12.1. The van der Waals surface area contributed by atoms with Gasteiger partial charge in [0.1, 0.15) is 18.1 Å². The molecule has 2 aromatic rings. The van der Waals surface area contributed by atoms with E-state index in [1.165, 1.54) is 12.1 Å². The fraction of sp³-hybridized carbons (Fsp3) is 0.188. The molecule has 0 heterocycles. The van der Waals surface area contributed by atoms with Gasteiger partial charge >= 0.3 is 5.97 Å². The molecule has 0 atom stereocenters. The SMILES string of the molecule is COc1cccc(NCCOc2cccc(C(=O)O)c2)c1. The lowest BCUT2D eigenvalue weighted by Gasteiger charge is -2.10. The molecule has 5 heteroatoms. The van der Waals surface area contributed by atoms with E-state index in [1.54, 1.807) is 19.2 Å². The molecule has 2 N–H and O–H groups in total. The lowest BCUT2D eigenvalue weighted by atomic mass is 10.2. The van der Waals surface area contributed by atoms with Crippen LogP contribution in [0, 0.1) is 0 Å². The Kier molecular flexibility index (Phi) is 5.04. The van der Waals surface area contributed by atoms with E-state index in [0.717, 1.165) is 11.4 Å². The second-order valence-electron chi connectivity index (χ2n) is 4.34. The number of hydrogen-bond donors (Lipinski definition) is 2. The predicted octanol–water partition coefficient (Wildman–Crippen LogP) is 2.88. The van der Waals surface area contributed by atoms with Crippen molar-refractivity contribution in [1.29, 1.82) is 0 Å². The summed E-state index contributed by atoms with van der Waals surface area (Å²) in [5.41, 5.74) is 1.16. The second kappa shape index (κ2) is 7.19. The number of ether oxygens (including phenoxy) is 2. The van der Waals surface area contributed by atoms with Crippen LogP contribution in [-0.4, -0.2) is 31.3 Å². The number of carboxylic acids is 1. The molecule has 2 aromatic carbocycles. The van der Waals surface area contributed by atoms with Gasteiger partial charge in [-0.2, -0.15) is 0 Å². The molecule has 110 valence electrons. The minimum absolute atomic E-state index is 0.216. The van der Waals surface area contributed by atoms with Gasteiger partial charge in [0, 0.05) is 18.3 Å². The van der Waals surface area contributed by atoms with Crippen molar-refractivity contribution in [1.82, 2.24) is 0 Å². The highest BCUT2D eigenvalue weighted by Crippen LogP contribution is 2.16. The van der Waals surface area contributed by atoms with Crippen LogP contribution in [0.2, 0.25) is 0 Å². The minimum Gasteiger partial charge on any atom is -0.497 e. The van der Waals surface area contributed by atoms with Crippen LogP contribution in [0.5, 0.6) is 11.5 Å². The van der Waals surface area contributed by atoms with E-state index < -0.39 is 5.97 Å². The van der Waals surface area contributed by atoms with E-state index in [9.17, 15) is 4.79 Å². The summed E-state index contributed by atoms with van der Waals surface area (Å²) in [7, 11) is 1.62. The number of anilines is 1. The maximum absolute atomic E-state index is 10.8. The Balaban J connectivity index is 1.81. The minimum atomic E-state index is -0.963. The number of methoxy groups -OCH3 is 1. The number of aromatic carboxylic acids is 1. The van der Waals surface area contributed by atoms with Gasteiger partial charge in [-0.3, -0.25) is 0 Å². The molecule has 0 amide bonds. The standard InChI is InChI=1S/C16H17NO4/c1-20-14-6-3-5-13(11-14)17-8-9-21-15-7-2-4-12(10-15)16(18)19/h2-7,10-11,17H,8-9H2,1H3,(H,18,19). The van der Waals surface area contributed by atoms with Crippen LogP contribution in [0.1, 0.15) is 10.4 Å². The van der Waals surface area contributed by atoms with E-state index in [-0.39, 0.29) is 5.56 Å². The van der Waals surface area contributed by atoms with Gasteiger partial charge in [-0.25, -0.2) is 4.79 Å². The Morgan fingerprint density at radius 3 is 2.67 bits per heavy atom. The summed E-state index contributed by atoms with van der Waals surface area (Å²) in [6.07, 6.45) is 0. The smallest absolute Gasteiger partial charge is 0.335 e. The monoisotopic (exact) mass is 287 g/mol. The number of hydrogen-bond acceptors (Lipinski definition) is 4. The number of carbonyl (C=O) groups is 1. The maximum atomic E-state index is 10.8. The van der Waals surface area contributed by atoms with Gasteiger partial charge in [-0.15, -0.1) is 0 Å². The Morgan fingerprint density at radius 1 is 1.14 bits per heavy atom. The van der Waals surface area contributed by atoms with Crippen LogP contribution >= 0.6 is 0 Å². The number of rotatable bonds is 7. The summed E-state index contributed by atoms with van der Waals surface area (Å²) in [6.45, 7) is 1.03. The molecule has 0 bridgehead atoms. The van der Waals surface area contributed by atoms with Crippen molar-refractivity contribution in [3.63, 3.8) is 0 Å². The first kappa shape index (κ1) is 14.7. The molecule has 0 saturated carbocycles. The topological polar surface area (TPSA) is 67.8 Å². The molecule has 2 rings (SSSR count). The first-order valence-electron chi connectivity index (χ1n) is 6.53. The van der Waals surface area contributed by atoms with Crippen LogP contribution in [0.4, 0.5) is 5.69 Å². The zero-order valence-corrected chi connectivity index (χ0v) is 11.7. The maximum Gasteiger partial charge on any atom is 0.335 e. The summed E-state index contributed by atoms with van der Waals surface area (Å²) in [4.78, 5) is 10.8. The van der Waals surface area contributed by atoms with E-state index >= 15 is 0 Å². The molecule has 5 nitrogen and oxygen atoms in total. The normalized spacial score (nSPS) is 9.95. The zero-order valence-electron chi connectivity index (χ0n) is 11.7. The molecule has 0 saturated heterocycles. The quantitative estimate of drug-likeness (QED) is 0.766. The van der Waals surface area contributed by atoms with Crippen molar-refractivity contribution < 1.29 is 19.4 Å². The molecular weight excluding hydrogens is 270 g/mol. The van der Waals surface area contributed by atoms with Crippen molar-refractivity contribution >= 4 is 11.7 Å². The van der Waals surface area contributed by atoms with Crippen LogP contribution in [0.25, 0.3) is 0 Å². The van der Waals surface area contributed by atoms with E-state index in [0.29, 0.717) is 18.9 Å². The molecular formula is C16H17NO4. The first-order chi connectivity index (χ1) is 10.2. The van der Waals surface area contributed by atoms with Crippen molar-refractivity contribution in [2.45, 2.75) is 0 Å². The molecule has 0 fully saturated rings. The van der Waals surface area contributed by atoms with Gasteiger partial charge in [-0.1, -0.05) is 12.1 Å². The van der Waals surface area contributed by atoms with E-state index in [2.05, 4.69) is 5.32 Å². The third-order valence-electron chi connectivity index (χ3n) is 2.85. The van der Waals surface area contributed by atoms with Crippen LogP contribution in [0.15, 0.2) is 48.5 Å². The first-order valence-corrected chi connectivity index (χ1v) is 6.53. The Bertz CT molecular complexity index is 613. The number of nitrogens with one attached hydrogen (secondary N) is 1. The lowest BCUT2D eigenvalue weighted by Crippen LogP contribution is -2.11. The Morgan fingerprint density at radius 2 is 1.90 bits per heavy atom. The highest BCUT2D eigenvalue weighted by Gasteiger charge is 2.03. The van der Waals surface area contributed by atoms with E-state index in [1.807, 2.05) is 24.3 Å². The van der Waals surface area contributed by atoms with Crippen molar-refractivity contribution in [3.05, 3.63) is 54.1 Å². The molecule has 0 unspecified atom stereocenters. The molecule has 0 aliphatic carbocycles. The molecule has 0 aliphatic heterocycles. The summed E-state index contributed by atoms with van der Waals surface area (Å²) in [5.74, 6) is 0.368. The average Bonchev–Trinajstić information content (AvgIpc) is 2.52. The van der Waals surface area contributed by atoms with Crippen LogP contribution in [0.3, 0.4) is 0 Å². The van der Waals surface area contributed by atoms with Gasteiger partial charge in [0.2, 0.25) is 0 Å². The molecule has 0 radical (unpaired) electrons. The second-order valence-corrected chi connectivity index (χ2v) is 4.34. The fourth-order valence-electron chi connectivity index (χ4n) is 1.82. The van der Waals surface area contributed by atoms with Crippen LogP contribution < -0.4 is 14.8 Å². The Hall–Kier alpha value is -2.69. The van der Waals surface area contributed by atoms with Crippen LogP contribution in [-0.2, 0) is 0 Å². The van der Waals surface area contributed by atoms with Crippen molar-refractivity contribution in [2.24, 2.45) is 0 Å². The van der Waals surface area contributed by atoms with E-state index in [4.69, 9.17) is 14.6 Å². The summed E-state index contributed by atoms with van der Waals surface area (Å²) >= 11 is 0. The largest absolute Gasteiger partial charge is 0.497 e. The highest BCUT2D eigenvalue weighted by atomic mass is 16.5. The molecule has 0 aromatic heterocycles. The third kappa shape index (κ3) is 4.42. The lowest BCUT2D eigenvalue weighted by molar-refractivity contribution is 0.0696. The molecule has 21 heavy (non-hydrogen) atoms. The summed E-state index contributed by atoms with van der Waals surface area (Å²) in [6, 6.07) is 14.0. The third-order valence-corrected chi connectivity index (χ3v) is 2.85. The van der Waals surface area contributed by atoms with Crippen molar-refractivity contribution in [2.75, 3.05) is 25.6 Å². The van der Waals surface area contributed by atoms with Gasteiger partial charge < -0.3 is 19.9 Å². The molecule has 0 aliphatic rings. The van der Waals surface area contributed by atoms with Gasteiger partial charge in [0.05, 0.1) is 12.7 Å². The predicted molar refractivity (Wildman–Crippen MR) is 80.4 cm³/mol. The van der Waals surface area contributed by atoms with Gasteiger partial charge in [0.15, 0.2) is 0 Å². The van der Waals surface area contributed by atoms with Gasteiger partial charge in [0.25, 0.3) is 0 Å². The number of carboxylic acid groups (broad SMARTS) is 1. The summed E-state index contributed by atoms with van der Waals surface area (Å²) < 4.78 is 10.7. The fourth-order valence-corrected chi connectivity index (χ4v) is 1.82. The van der Waals surface area contributed by atoms with Gasteiger partial charge in [-0.05, 0) is 30.3 Å². The number of benzene rings is 2. The molecule has 0 spiro atoms. The highest BCUT2D eigenvalue weighted by molar-refractivity contribution is 5.87. The zero-order chi connectivity index (χ0) is 15.1. The average molecular weight is 287 g/mol.